The number of hydrogen-bond acceptors (Lipinski definition) is 5. The number of nitrogens with one attached hydrogen (secondary N) is 2. The van der Waals surface area contributed by atoms with Gasteiger partial charge in [0.05, 0.1) is 12.0 Å². The second-order valence-electron chi connectivity index (χ2n) is 5.56. The van der Waals surface area contributed by atoms with Crippen LogP contribution in [0.1, 0.15) is 13.8 Å². The highest BCUT2D eigenvalue weighted by Gasteiger charge is 2.15. The highest BCUT2D eigenvalue weighted by Crippen LogP contribution is 2.24. The Morgan fingerprint density at radius 3 is 2.00 bits per heavy atom. The average molecular weight is 364 g/mol. The first kappa shape index (κ1) is 19.2. The predicted octanol–water partition coefficient (Wildman–Crippen LogP) is 2.76. The summed E-state index contributed by atoms with van der Waals surface area (Å²) >= 11 is 0. The Hall–Kier alpha value is -2.09. The van der Waals surface area contributed by atoms with E-state index in [4.69, 9.17) is 9.47 Å². The van der Waals surface area contributed by atoms with Crippen molar-refractivity contribution in [2.24, 2.45) is 0 Å². The SMILES string of the molecule is CCN[C@H](C)CNS(=O)(=O)c1ccc(Oc2ccc(OC)cc2)cc1. The molecule has 2 aromatic carbocycles. The number of rotatable bonds is 9. The monoisotopic (exact) mass is 364 g/mol. The van der Waals surface area contributed by atoms with E-state index in [2.05, 4.69) is 10.0 Å². The topological polar surface area (TPSA) is 76.7 Å². The quantitative estimate of drug-likeness (QED) is 0.715. The van der Waals surface area contributed by atoms with Crippen molar-refractivity contribution < 1.29 is 17.9 Å². The van der Waals surface area contributed by atoms with Crippen molar-refractivity contribution >= 4 is 10.0 Å². The molecule has 0 saturated heterocycles. The molecule has 0 aliphatic heterocycles. The predicted molar refractivity (Wildman–Crippen MR) is 97.8 cm³/mol. The number of hydrogen-bond donors (Lipinski definition) is 2. The van der Waals surface area contributed by atoms with Gasteiger partial charge < -0.3 is 14.8 Å². The van der Waals surface area contributed by atoms with Gasteiger partial charge >= 0.3 is 0 Å². The molecule has 2 rings (SSSR count). The molecule has 0 unspecified atom stereocenters. The van der Waals surface area contributed by atoms with Crippen molar-refractivity contribution in [1.82, 2.24) is 10.0 Å². The molecule has 136 valence electrons. The van der Waals surface area contributed by atoms with Gasteiger partial charge in [-0.05, 0) is 62.0 Å². The third kappa shape index (κ3) is 5.74. The van der Waals surface area contributed by atoms with Crippen molar-refractivity contribution in [1.29, 1.82) is 0 Å². The molecule has 0 fully saturated rings. The van der Waals surface area contributed by atoms with Crippen LogP contribution in [-0.4, -0.2) is 34.7 Å². The molecule has 2 aromatic rings. The summed E-state index contributed by atoms with van der Waals surface area (Å²) in [5, 5.41) is 3.16. The summed E-state index contributed by atoms with van der Waals surface area (Å²) in [5.74, 6) is 1.95. The van der Waals surface area contributed by atoms with Gasteiger partial charge in [-0.2, -0.15) is 0 Å². The first-order valence-electron chi connectivity index (χ1n) is 8.09. The third-order valence-electron chi connectivity index (χ3n) is 3.56. The van der Waals surface area contributed by atoms with E-state index in [0.29, 0.717) is 18.0 Å². The Morgan fingerprint density at radius 1 is 0.960 bits per heavy atom. The molecule has 7 heteroatoms. The van der Waals surface area contributed by atoms with E-state index in [0.717, 1.165) is 12.3 Å². The lowest BCUT2D eigenvalue weighted by Gasteiger charge is -2.14. The van der Waals surface area contributed by atoms with Crippen molar-refractivity contribution in [3.05, 3.63) is 48.5 Å². The smallest absolute Gasteiger partial charge is 0.240 e. The van der Waals surface area contributed by atoms with E-state index in [1.165, 1.54) is 12.1 Å². The van der Waals surface area contributed by atoms with Gasteiger partial charge in [0.15, 0.2) is 0 Å². The maximum Gasteiger partial charge on any atom is 0.240 e. The molecule has 0 bridgehead atoms. The summed E-state index contributed by atoms with van der Waals surface area (Å²) in [6.45, 7) is 5.03. The van der Waals surface area contributed by atoms with E-state index in [9.17, 15) is 8.42 Å². The number of sulfonamides is 1. The molecule has 0 aromatic heterocycles. The van der Waals surface area contributed by atoms with Gasteiger partial charge in [0, 0.05) is 12.6 Å². The molecule has 0 heterocycles. The summed E-state index contributed by atoms with van der Waals surface area (Å²) in [6, 6.07) is 13.5. The van der Waals surface area contributed by atoms with Gasteiger partial charge in [-0.3, -0.25) is 0 Å². The van der Waals surface area contributed by atoms with Crippen LogP contribution < -0.4 is 19.5 Å². The van der Waals surface area contributed by atoms with Gasteiger partial charge in [0.25, 0.3) is 0 Å². The van der Waals surface area contributed by atoms with Crippen LogP contribution in [0.15, 0.2) is 53.4 Å². The van der Waals surface area contributed by atoms with E-state index in [1.807, 2.05) is 13.8 Å². The van der Waals surface area contributed by atoms with Crippen LogP contribution in [0.2, 0.25) is 0 Å². The van der Waals surface area contributed by atoms with Crippen LogP contribution in [0, 0.1) is 0 Å². The van der Waals surface area contributed by atoms with Crippen LogP contribution in [-0.2, 0) is 10.0 Å². The normalized spacial score (nSPS) is 12.6. The molecule has 0 aliphatic rings. The van der Waals surface area contributed by atoms with Gasteiger partial charge in [0.1, 0.15) is 17.2 Å². The molecule has 2 N–H and O–H groups in total. The maximum atomic E-state index is 12.3. The van der Waals surface area contributed by atoms with E-state index < -0.39 is 10.0 Å². The minimum atomic E-state index is -3.53. The summed E-state index contributed by atoms with van der Waals surface area (Å²) in [7, 11) is -1.94. The average Bonchev–Trinajstić information content (AvgIpc) is 2.61. The van der Waals surface area contributed by atoms with E-state index >= 15 is 0 Å². The molecule has 0 aliphatic carbocycles. The van der Waals surface area contributed by atoms with Crippen molar-refractivity contribution in [2.45, 2.75) is 24.8 Å². The fourth-order valence-electron chi connectivity index (χ4n) is 2.21. The van der Waals surface area contributed by atoms with Gasteiger partial charge in [0.2, 0.25) is 10.0 Å². The van der Waals surface area contributed by atoms with E-state index in [-0.39, 0.29) is 10.9 Å². The van der Waals surface area contributed by atoms with Crippen LogP contribution in [0.5, 0.6) is 17.2 Å². The molecule has 0 radical (unpaired) electrons. The fourth-order valence-corrected chi connectivity index (χ4v) is 3.34. The summed E-state index contributed by atoms with van der Waals surface area (Å²) in [4.78, 5) is 0.207. The lowest BCUT2D eigenvalue weighted by Crippen LogP contribution is -2.38. The molecule has 1 atom stereocenters. The van der Waals surface area contributed by atoms with Gasteiger partial charge in [-0.1, -0.05) is 6.92 Å². The van der Waals surface area contributed by atoms with Crippen LogP contribution in [0.3, 0.4) is 0 Å². The van der Waals surface area contributed by atoms with E-state index in [1.54, 1.807) is 43.5 Å². The highest BCUT2D eigenvalue weighted by atomic mass is 32.2. The largest absolute Gasteiger partial charge is 0.497 e. The Labute approximate surface area is 149 Å². The fraction of sp³-hybridized carbons (Fsp3) is 0.333. The highest BCUT2D eigenvalue weighted by molar-refractivity contribution is 7.89. The Morgan fingerprint density at radius 2 is 1.48 bits per heavy atom. The van der Waals surface area contributed by atoms with Gasteiger partial charge in [-0.25, -0.2) is 13.1 Å². The molecule has 6 nitrogen and oxygen atoms in total. The van der Waals surface area contributed by atoms with Gasteiger partial charge in [-0.15, -0.1) is 0 Å². The van der Waals surface area contributed by atoms with Crippen molar-refractivity contribution in [2.75, 3.05) is 20.2 Å². The standard InChI is InChI=1S/C18H24N2O4S/c1-4-19-14(2)13-20-25(21,22)18-11-9-17(10-12-18)24-16-7-5-15(23-3)6-8-16/h5-12,14,19-20H,4,13H2,1-3H3/t14-/m1/s1. The van der Waals surface area contributed by atoms with Crippen LogP contribution in [0.4, 0.5) is 0 Å². The zero-order valence-electron chi connectivity index (χ0n) is 14.7. The second kappa shape index (κ2) is 8.84. The third-order valence-corrected chi connectivity index (χ3v) is 5.00. The Kier molecular flexibility index (Phi) is 6.81. The lowest BCUT2D eigenvalue weighted by molar-refractivity contribution is 0.413. The Bertz CT molecular complexity index is 759. The minimum Gasteiger partial charge on any atom is -0.497 e. The number of ether oxygens (including phenoxy) is 2. The molecular weight excluding hydrogens is 340 g/mol. The number of benzene rings is 2. The molecule has 0 spiro atoms. The maximum absolute atomic E-state index is 12.3. The summed E-state index contributed by atoms with van der Waals surface area (Å²) in [6.07, 6.45) is 0. The number of likely N-dealkylation sites (N-methyl/N-ethyl adjacent to an activating group) is 1. The lowest BCUT2D eigenvalue weighted by atomic mass is 10.3. The first-order valence-corrected chi connectivity index (χ1v) is 9.58. The first-order chi connectivity index (χ1) is 11.9. The zero-order chi connectivity index (χ0) is 18.3. The molecule has 0 saturated carbocycles. The molecule has 25 heavy (non-hydrogen) atoms. The summed E-state index contributed by atoms with van der Waals surface area (Å²) in [5.41, 5.74) is 0. The zero-order valence-corrected chi connectivity index (χ0v) is 15.5. The van der Waals surface area contributed by atoms with Crippen LogP contribution in [0.25, 0.3) is 0 Å². The number of methoxy groups -OCH3 is 1. The molecular formula is C18H24N2O4S. The summed E-state index contributed by atoms with van der Waals surface area (Å²) < 4.78 is 38.0. The van der Waals surface area contributed by atoms with Crippen molar-refractivity contribution in [3.8, 4) is 17.2 Å². The Balaban J connectivity index is 2.00. The van der Waals surface area contributed by atoms with Crippen molar-refractivity contribution in [3.63, 3.8) is 0 Å². The molecule has 0 amide bonds. The minimum absolute atomic E-state index is 0.0671. The second-order valence-corrected chi connectivity index (χ2v) is 7.33. The van der Waals surface area contributed by atoms with Crippen LogP contribution >= 0.6 is 0 Å².